The number of anilines is 1. The summed E-state index contributed by atoms with van der Waals surface area (Å²) in [6.45, 7) is 4.67. The Morgan fingerprint density at radius 1 is 1.29 bits per heavy atom. The summed E-state index contributed by atoms with van der Waals surface area (Å²) in [5, 5.41) is 18.6. The van der Waals surface area contributed by atoms with Crippen LogP contribution in [-0.4, -0.2) is 22.6 Å². The van der Waals surface area contributed by atoms with Crippen molar-refractivity contribution < 1.29 is 4.79 Å². The van der Waals surface area contributed by atoms with Gasteiger partial charge < -0.3 is 11.1 Å². The van der Waals surface area contributed by atoms with Gasteiger partial charge in [0.2, 0.25) is 0 Å². The number of carbonyl (C=O) groups excluding carboxylic acids is 1. The van der Waals surface area contributed by atoms with Gasteiger partial charge in [-0.2, -0.15) is 10.4 Å². The van der Waals surface area contributed by atoms with Crippen molar-refractivity contribution in [2.75, 3.05) is 12.3 Å². The van der Waals surface area contributed by atoms with E-state index in [-0.39, 0.29) is 11.7 Å². The fraction of sp³-hybridized carbons (Fsp3) is 0.389. The van der Waals surface area contributed by atoms with E-state index in [2.05, 4.69) is 21.6 Å². The summed E-state index contributed by atoms with van der Waals surface area (Å²) in [5.74, 6) is 0.222. The number of unbranched alkanes of at least 4 members (excludes halogenated alkanes) is 2. The number of aromatic amines is 1. The van der Waals surface area contributed by atoms with Crippen LogP contribution < -0.4 is 11.1 Å². The molecule has 1 aromatic carbocycles. The van der Waals surface area contributed by atoms with Gasteiger partial charge in [-0.15, -0.1) is 0 Å². The number of aromatic nitrogens is 2. The Labute approximate surface area is 142 Å². The van der Waals surface area contributed by atoms with Gasteiger partial charge in [0.15, 0.2) is 5.82 Å². The molecule has 0 fully saturated rings. The van der Waals surface area contributed by atoms with Crippen molar-refractivity contribution in [2.24, 2.45) is 0 Å². The van der Waals surface area contributed by atoms with Crippen molar-refractivity contribution in [3.8, 4) is 6.07 Å². The van der Waals surface area contributed by atoms with Crippen LogP contribution in [0.2, 0.25) is 0 Å². The lowest BCUT2D eigenvalue weighted by molar-refractivity contribution is 0.0953. The first-order valence-electron chi connectivity index (χ1n) is 8.11. The third-order valence-electron chi connectivity index (χ3n) is 4.14. The molecule has 0 unspecified atom stereocenters. The first kappa shape index (κ1) is 17.5. The zero-order valence-electron chi connectivity index (χ0n) is 14.1. The van der Waals surface area contributed by atoms with E-state index in [9.17, 15) is 4.79 Å². The van der Waals surface area contributed by atoms with Gasteiger partial charge >= 0.3 is 0 Å². The predicted molar refractivity (Wildman–Crippen MR) is 93.5 cm³/mol. The minimum Gasteiger partial charge on any atom is -0.381 e. The summed E-state index contributed by atoms with van der Waals surface area (Å²) >= 11 is 0. The van der Waals surface area contributed by atoms with E-state index in [4.69, 9.17) is 11.0 Å². The number of rotatable bonds is 7. The van der Waals surface area contributed by atoms with E-state index in [1.54, 1.807) is 0 Å². The largest absolute Gasteiger partial charge is 0.381 e. The number of hydrogen-bond donors (Lipinski definition) is 3. The first-order valence-corrected chi connectivity index (χ1v) is 8.11. The van der Waals surface area contributed by atoms with Gasteiger partial charge in [-0.1, -0.05) is 12.5 Å². The molecule has 0 spiro atoms. The van der Waals surface area contributed by atoms with E-state index >= 15 is 0 Å². The Morgan fingerprint density at radius 3 is 2.79 bits per heavy atom. The average Bonchev–Trinajstić information content (AvgIpc) is 2.92. The standard InChI is InChI=1S/C18H23N5O/c1-12-7-8-14(10-13(12)2)18(24)21-9-5-3-4-6-16-15(11-19)17(20)23-22-16/h7-8,10H,3-6,9H2,1-2H3,(H,21,24)(H3,20,22,23). The van der Waals surface area contributed by atoms with Gasteiger partial charge in [-0.3, -0.25) is 9.89 Å². The number of nitrogens with one attached hydrogen (secondary N) is 2. The molecule has 2 aromatic rings. The van der Waals surface area contributed by atoms with Crippen LogP contribution >= 0.6 is 0 Å². The molecular weight excluding hydrogens is 302 g/mol. The molecule has 24 heavy (non-hydrogen) atoms. The number of hydrogen-bond acceptors (Lipinski definition) is 4. The van der Waals surface area contributed by atoms with Crippen molar-refractivity contribution in [1.82, 2.24) is 15.5 Å². The van der Waals surface area contributed by atoms with Crippen LogP contribution in [0.5, 0.6) is 0 Å². The van der Waals surface area contributed by atoms with Crippen LogP contribution in [0, 0.1) is 25.2 Å². The SMILES string of the molecule is Cc1ccc(C(=O)NCCCCCc2[nH]nc(N)c2C#N)cc1C. The molecule has 4 N–H and O–H groups in total. The maximum Gasteiger partial charge on any atom is 0.251 e. The third kappa shape index (κ3) is 4.35. The maximum atomic E-state index is 12.1. The molecule has 0 aliphatic rings. The summed E-state index contributed by atoms with van der Waals surface area (Å²) in [5.41, 5.74) is 9.83. The number of carbonyl (C=O) groups is 1. The van der Waals surface area contributed by atoms with Crippen molar-refractivity contribution in [2.45, 2.75) is 39.5 Å². The average molecular weight is 325 g/mol. The molecule has 0 atom stereocenters. The molecule has 0 saturated carbocycles. The van der Waals surface area contributed by atoms with Gasteiger partial charge in [0.05, 0.1) is 5.69 Å². The van der Waals surface area contributed by atoms with E-state index in [1.807, 2.05) is 32.0 Å². The van der Waals surface area contributed by atoms with Crippen molar-refractivity contribution in [3.63, 3.8) is 0 Å². The fourth-order valence-corrected chi connectivity index (χ4v) is 2.49. The zero-order chi connectivity index (χ0) is 17.5. The van der Waals surface area contributed by atoms with Crippen molar-refractivity contribution >= 4 is 11.7 Å². The zero-order valence-corrected chi connectivity index (χ0v) is 14.1. The lowest BCUT2D eigenvalue weighted by atomic mass is 10.1. The van der Waals surface area contributed by atoms with Crippen LogP contribution in [0.1, 0.15) is 52.0 Å². The van der Waals surface area contributed by atoms with E-state index < -0.39 is 0 Å². The smallest absolute Gasteiger partial charge is 0.251 e. The summed E-state index contributed by atoms with van der Waals surface area (Å²) in [4.78, 5) is 12.1. The lowest BCUT2D eigenvalue weighted by Crippen LogP contribution is -2.24. The minimum atomic E-state index is -0.0359. The molecule has 1 amide bonds. The number of nitriles is 1. The molecule has 6 heteroatoms. The Balaban J connectivity index is 1.68. The Morgan fingerprint density at radius 2 is 2.08 bits per heavy atom. The molecule has 2 rings (SSSR count). The van der Waals surface area contributed by atoms with E-state index in [0.29, 0.717) is 17.7 Å². The summed E-state index contributed by atoms with van der Waals surface area (Å²) in [6, 6.07) is 7.79. The molecule has 6 nitrogen and oxygen atoms in total. The quantitative estimate of drug-likeness (QED) is 0.680. The highest BCUT2D eigenvalue weighted by molar-refractivity contribution is 5.94. The highest BCUT2D eigenvalue weighted by atomic mass is 16.1. The van der Waals surface area contributed by atoms with Crippen LogP contribution in [0.25, 0.3) is 0 Å². The summed E-state index contributed by atoms with van der Waals surface area (Å²) < 4.78 is 0. The Hall–Kier alpha value is -2.81. The van der Waals surface area contributed by atoms with Crippen molar-refractivity contribution in [3.05, 3.63) is 46.1 Å². The maximum absolute atomic E-state index is 12.1. The molecule has 0 saturated heterocycles. The van der Waals surface area contributed by atoms with E-state index in [0.717, 1.165) is 36.9 Å². The fourth-order valence-electron chi connectivity index (χ4n) is 2.49. The van der Waals surface area contributed by atoms with Gasteiger partial charge in [0.25, 0.3) is 5.91 Å². The number of nitrogens with zero attached hydrogens (tertiary/aromatic N) is 2. The summed E-state index contributed by atoms with van der Waals surface area (Å²) in [7, 11) is 0. The number of amides is 1. The number of nitrogen functional groups attached to an aromatic ring is 1. The third-order valence-corrected chi connectivity index (χ3v) is 4.14. The van der Waals surface area contributed by atoms with Crippen molar-refractivity contribution in [1.29, 1.82) is 5.26 Å². The molecule has 0 bridgehead atoms. The topological polar surface area (TPSA) is 108 Å². The van der Waals surface area contributed by atoms with Crippen LogP contribution in [-0.2, 0) is 6.42 Å². The highest BCUT2D eigenvalue weighted by Gasteiger charge is 2.09. The van der Waals surface area contributed by atoms with Crippen LogP contribution in [0.4, 0.5) is 5.82 Å². The van der Waals surface area contributed by atoms with Gasteiger partial charge in [-0.05, 0) is 56.4 Å². The summed E-state index contributed by atoms with van der Waals surface area (Å²) in [6.07, 6.45) is 3.49. The molecule has 1 aromatic heterocycles. The van der Waals surface area contributed by atoms with Gasteiger partial charge in [0, 0.05) is 12.1 Å². The van der Waals surface area contributed by atoms with E-state index in [1.165, 1.54) is 5.56 Å². The molecule has 126 valence electrons. The van der Waals surface area contributed by atoms with Crippen LogP contribution in [0.3, 0.4) is 0 Å². The first-order chi connectivity index (χ1) is 11.5. The normalized spacial score (nSPS) is 10.4. The molecule has 0 aliphatic carbocycles. The number of nitrogens with two attached hydrogens (primary N) is 1. The molecule has 0 aliphatic heterocycles. The Kier molecular flexibility index (Phi) is 5.96. The Bertz CT molecular complexity index is 757. The van der Waals surface area contributed by atoms with Crippen LogP contribution in [0.15, 0.2) is 18.2 Å². The molecular formula is C18H23N5O. The minimum absolute atomic E-state index is 0.0359. The molecule has 1 heterocycles. The predicted octanol–water partition coefficient (Wildman–Crippen LogP) is 2.62. The second-order valence-corrected chi connectivity index (χ2v) is 5.94. The lowest BCUT2D eigenvalue weighted by Gasteiger charge is -2.07. The van der Waals surface area contributed by atoms with Gasteiger partial charge in [-0.25, -0.2) is 0 Å². The van der Waals surface area contributed by atoms with Gasteiger partial charge in [0.1, 0.15) is 11.6 Å². The second-order valence-electron chi connectivity index (χ2n) is 5.94. The highest BCUT2D eigenvalue weighted by Crippen LogP contribution is 2.14. The number of aryl methyl sites for hydroxylation is 3. The number of benzene rings is 1. The monoisotopic (exact) mass is 325 g/mol. The second kappa shape index (κ2) is 8.16. The number of H-pyrrole nitrogens is 1. The molecule has 0 radical (unpaired) electrons.